The molecule has 0 bridgehead atoms. The van der Waals surface area contributed by atoms with E-state index in [4.69, 9.17) is 10.5 Å². The summed E-state index contributed by atoms with van der Waals surface area (Å²) >= 11 is 1.49. The number of hydrogen-bond donors (Lipinski definition) is 2. The summed E-state index contributed by atoms with van der Waals surface area (Å²) in [6.45, 7) is 2.78. The third-order valence-electron chi connectivity index (χ3n) is 4.78. The molecule has 0 spiro atoms. The van der Waals surface area contributed by atoms with Gasteiger partial charge in [-0.2, -0.15) is 0 Å². The number of benzene rings is 1. The van der Waals surface area contributed by atoms with Crippen LogP contribution in [0.4, 0.5) is 5.00 Å². The van der Waals surface area contributed by atoms with Crippen LogP contribution in [0.1, 0.15) is 70.2 Å². The minimum absolute atomic E-state index is 0.242. The molecule has 0 fully saturated rings. The Morgan fingerprint density at radius 1 is 1.15 bits per heavy atom. The number of unbranched alkanes of at least 4 members (excludes halogenated alkanes) is 1. The van der Waals surface area contributed by atoms with Crippen molar-refractivity contribution < 1.29 is 14.3 Å². The van der Waals surface area contributed by atoms with E-state index < -0.39 is 5.91 Å². The lowest BCUT2D eigenvalue weighted by atomic mass is 10.1. The molecule has 1 aliphatic rings. The normalized spacial score (nSPS) is 13.5. The number of fused-ring (bicyclic) bond motifs is 1. The smallest absolute Gasteiger partial charge is 0.256 e. The number of nitrogens with one attached hydrogen (secondary N) is 1. The first-order chi connectivity index (χ1) is 13.1. The molecule has 1 aromatic heterocycles. The number of ether oxygens (including phenoxy) is 1. The molecule has 0 saturated heterocycles. The minimum atomic E-state index is -0.468. The van der Waals surface area contributed by atoms with Crippen LogP contribution in [-0.2, 0) is 12.8 Å². The summed E-state index contributed by atoms with van der Waals surface area (Å²) in [7, 11) is 0. The van der Waals surface area contributed by atoms with Crippen LogP contribution in [0, 0.1) is 0 Å². The average molecular weight is 387 g/mol. The Hall–Kier alpha value is -2.34. The Kier molecular flexibility index (Phi) is 6.50. The number of carbonyl (C=O) groups excluding carboxylic acids is 2. The summed E-state index contributed by atoms with van der Waals surface area (Å²) in [6, 6.07) is 7.06. The lowest BCUT2D eigenvalue weighted by Crippen LogP contribution is -2.18. The van der Waals surface area contributed by atoms with Gasteiger partial charge in [0.2, 0.25) is 0 Å². The van der Waals surface area contributed by atoms with E-state index in [2.05, 4.69) is 12.2 Å². The largest absolute Gasteiger partial charge is 0.494 e. The SMILES string of the molecule is CCCCOc1ccc(C(=O)Nc2sc3c(c2C(N)=O)CCCCC3)cc1. The molecule has 5 nitrogen and oxygen atoms in total. The van der Waals surface area contributed by atoms with Gasteiger partial charge in [0.25, 0.3) is 11.8 Å². The van der Waals surface area contributed by atoms with Gasteiger partial charge < -0.3 is 15.8 Å². The van der Waals surface area contributed by atoms with Gasteiger partial charge in [-0.05, 0) is 61.9 Å². The number of rotatable bonds is 7. The summed E-state index contributed by atoms with van der Waals surface area (Å²) in [6.07, 6.45) is 7.20. The zero-order valence-electron chi connectivity index (χ0n) is 15.7. The minimum Gasteiger partial charge on any atom is -0.494 e. The van der Waals surface area contributed by atoms with E-state index in [1.54, 1.807) is 24.3 Å². The number of thiophene rings is 1. The second kappa shape index (κ2) is 9.04. The molecule has 0 unspecified atom stereocenters. The first-order valence-corrected chi connectivity index (χ1v) is 10.4. The van der Waals surface area contributed by atoms with Crippen molar-refractivity contribution in [3.63, 3.8) is 0 Å². The highest BCUT2D eigenvalue weighted by Crippen LogP contribution is 2.37. The summed E-state index contributed by atoms with van der Waals surface area (Å²) in [5.74, 6) is 0.0408. The zero-order valence-corrected chi connectivity index (χ0v) is 16.5. The van der Waals surface area contributed by atoms with Gasteiger partial charge in [-0.1, -0.05) is 19.8 Å². The van der Waals surface area contributed by atoms with E-state index in [1.165, 1.54) is 16.2 Å². The molecule has 1 aromatic carbocycles. The van der Waals surface area contributed by atoms with E-state index in [0.717, 1.165) is 56.3 Å². The topological polar surface area (TPSA) is 81.4 Å². The average Bonchev–Trinajstić information content (AvgIpc) is 2.83. The Labute approximate surface area is 163 Å². The van der Waals surface area contributed by atoms with E-state index in [1.807, 2.05) is 0 Å². The maximum atomic E-state index is 12.6. The third-order valence-corrected chi connectivity index (χ3v) is 5.99. The van der Waals surface area contributed by atoms with Crippen molar-refractivity contribution in [2.24, 2.45) is 5.73 Å². The van der Waals surface area contributed by atoms with Crippen molar-refractivity contribution in [3.8, 4) is 5.75 Å². The molecule has 3 rings (SSSR count). The van der Waals surface area contributed by atoms with Crippen LogP contribution in [0.3, 0.4) is 0 Å². The highest BCUT2D eigenvalue weighted by Gasteiger charge is 2.24. The molecular formula is C21H26N2O3S. The molecule has 27 heavy (non-hydrogen) atoms. The lowest BCUT2D eigenvalue weighted by Gasteiger charge is -2.08. The van der Waals surface area contributed by atoms with Crippen LogP contribution in [0.5, 0.6) is 5.75 Å². The molecule has 1 heterocycles. The van der Waals surface area contributed by atoms with Crippen LogP contribution in [0.15, 0.2) is 24.3 Å². The third kappa shape index (κ3) is 4.69. The van der Waals surface area contributed by atoms with Gasteiger partial charge in [0.15, 0.2) is 0 Å². The van der Waals surface area contributed by atoms with Gasteiger partial charge in [-0.15, -0.1) is 11.3 Å². The highest BCUT2D eigenvalue weighted by molar-refractivity contribution is 7.17. The molecule has 6 heteroatoms. The summed E-state index contributed by atoms with van der Waals surface area (Å²) in [5, 5.41) is 3.47. The van der Waals surface area contributed by atoms with Crippen LogP contribution in [-0.4, -0.2) is 18.4 Å². The van der Waals surface area contributed by atoms with Crippen LogP contribution < -0.4 is 15.8 Å². The molecular weight excluding hydrogens is 360 g/mol. The number of carbonyl (C=O) groups is 2. The number of amides is 2. The predicted octanol–water partition coefficient (Wildman–Crippen LogP) is 4.55. The fourth-order valence-electron chi connectivity index (χ4n) is 3.30. The van der Waals surface area contributed by atoms with Gasteiger partial charge >= 0.3 is 0 Å². The van der Waals surface area contributed by atoms with Crippen molar-refractivity contribution in [2.45, 2.75) is 51.9 Å². The van der Waals surface area contributed by atoms with Gasteiger partial charge in [0, 0.05) is 10.4 Å². The molecule has 0 radical (unpaired) electrons. The van der Waals surface area contributed by atoms with E-state index in [0.29, 0.717) is 22.7 Å². The van der Waals surface area contributed by atoms with E-state index >= 15 is 0 Å². The summed E-state index contributed by atoms with van der Waals surface area (Å²) in [5.41, 5.74) is 7.67. The number of primary amides is 1. The molecule has 0 atom stereocenters. The summed E-state index contributed by atoms with van der Waals surface area (Å²) in [4.78, 5) is 25.8. The number of hydrogen-bond acceptors (Lipinski definition) is 4. The molecule has 2 amide bonds. The maximum Gasteiger partial charge on any atom is 0.256 e. The van der Waals surface area contributed by atoms with Crippen molar-refractivity contribution in [2.75, 3.05) is 11.9 Å². The van der Waals surface area contributed by atoms with Gasteiger partial charge in [-0.3, -0.25) is 9.59 Å². The first kappa shape index (κ1) is 19.4. The van der Waals surface area contributed by atoms with Crippen molar-refractivity contribution in [3.05, 3.63) is 45.8 Å². The number of anilines is 1. The highest BCUT2D eigenvalue weighted by atomic mass is 32.1. The molecule has 2 aromatic rings. The lowest BCUT2D eigenvalue weighted by molar-refractivity contribution is 0.100. The fourth-order valence-corrected chi connectivity index (χ4v) is 4.59. The molecule has 144 valence electrons. The molecule has 0 saturated carbocycles. The zero-order chi connectivity index (χ0) is 19.2. The predicted molar refractivity (Wildman–Crippen MR) is 109 cm³/mol. The van der Waals surface area contributed by atoms with E-state index in [9.17, 15) is 9.59 Å². The van der Waals surface area contributed by atoms with E-state index in [-0.39, 0.29) is 5.91 Å². The Morgan fingerprint density at radius 3 is 2.59 bits per heavy atom. The number of nitrogens with two attached hydrogens (primary N) is 1. The first-order valence-electron chi connectivity index (χ1n) is 9.58. The molecule has 1 aliphatic carbocycles. The van der Waals surface area contributed by atoms with Crippen LogP contribution in [0.2, 0.25) is 0 Å². The van der Waals surface area contributed by atoms with Gasteiger partial charge in [-0.25, -0.2) is 0 Å². The van der Waals surface area contributed by atoms with Gasteiger partial charge in [0.05, 0.1) is 12.2 Å². The van der Waals surface area contributed by atoms with Crippen molar-refractivity contribution in [1.82, 2.24) is 0 Å². The standard InChI is InChI=1S/C21H26N2O3S/c1-2-3-13-26-15-11-9-14(10-12-15)20(25)23-21-18(19(22)24)16-7-5-4-6-8-17(16)27-21/h9-12H,2-8,13H2,1H3,(H2,22,24)(H,23,25). The Morgan fingerprint density at radius 2 is 1.89 bits per heavy atom. The molecule has 3 N–H and O–H groups in total. The summed E-state index contributed by atoms with van der Waals surface area (Å²) < 4.78 is 5.63. The van der Waals surface area contributed by atoms with Crippen LogP contribution >= 0.6 is 11.3 Å². The maximum absolute atomic E-state index is 12.6. The quantitative estimate of drug-likeness (QED) is 0.541. The fraction of sp³-hybridized carbons (Fsp3) is 0.429. The Bertz CT molecular complexity index is 812. The second-order valence-corrected chi connectivity index (χ2v) is 7.92. The Balaban J connectivity index is 1.75. The molecule has 0 aliphatic heterocycles. The monoisotopic (exact) mass is 386 g/mol. The van der Waals surface area contributed by atoms with Gasteiger partial charge in [0.1, 0.15) is 10.8 Å². The van der Waals surface area contributed by atoms with Crippen LogP contribution in [0.25, 0.3) is 0 Å². The van der Waals surface area contributed by atoms with Crippen molar-refractivity contribution >= 4 is 28.2 Å². The second-order valence-electron chi connectivity index (χ2n) is 6.81. The number of aryl methyl sites for hydroxylation is 1. The van der Waals surface area contributed by atoms with Crippen molar-refractivity contribution in [1.29, 1.82) is 0 Å².